The van der Waals surface area contributed by atoms with Gasteiger partial charge in [0.05, 0.1) is 2.74 Å². The second-order valence-corrected chi connectivity index (χ2v) is 10.4. The largest absolute Gasteiger partial charge is 0.309 e. The molecule has 2 aromatic carbocycles. The van der Waals surface area contributed by atoms with Gasteiger partial charge in [0, 0.05) is 41.3 Å². The third-order valence-electron chi connectivity index (χ3n) is 6.69. The molecule has 0 unspecified atom stereocenters. The van der Waals surface area contributed by atoms with Crippen LogP contribution in [-0.4, -0.2) is 10.7 Å². The van der Waals surface area contributed by atoms with Crippen LogP contribution in [-0.2, 0) is 20.1 Å². The molecule has 1 saturated carbocycles. The molecule has 0 amide bonds. The van der Waals surface area contributed by atoms with Crippen LogP contribution in [0.25, 0.3) is 21.7 Å². The van der Waals surface area contributed by atoms with Crippen molar-refractivity contribution in [3.8, 4) is 0 Å². The molecule has 0 N–H and O–H groups in total. The van der Waals surface area contributed by atoms with Gasteiger partial charge in [0.15, 0.2) is 0 Å². The van der Waals surface area contributed by atoms with Crippen molar-refractivity contribution in [3.63, 3.8) is 0 Å². The molecule has 38 heavy (non-hydrogen) atoms. The van der Waals surface area contributed by atoms with Crippen molar-refractivity contribution in [2.45, 2.75) is 45.4 Å². The van der Waals surface area contributed by atoms with Gasteiger partial charge in [-0.1, -0.05) is 54.8 Å². The summed E-state index contributed by atoms with van der Waals surface area (Å²) in [4.78, 5) is 9.65. The van der Waals surface area contributed by atoms with Crippen molar-refractivity contribution < 1.29 is 27.0 Å². The summed E-state index contributed by atoms with van der Waals surface area (Å²) in [5.74, 6) is 0.833. The zero-order valence-corrected chi connectivity index (χ0v) is 24.3. The minimum Gasteiger partial charge on any atom is -0.309 e. The van der Waals surface area contributed by atoms with E-state index >= 15 is 0 Å². The van der Waals surface area contributed by atoms with Crippen molar-refractivity contribution >= 4 is 38.8 Å². The first-order valence-corrected chi connectivity index (χ1v) is 13.5. The Morgan fingerprint density at radius 1 is 1.16 bits per heavy atom. The molecule has 4 aromatic rings. The fourth-order valence-corrected chi connectivity index (χ4v) is 5.66. The topological polar surface area (TPSA) is 25.2 Å². The summed E-state index contributed by atoms with van der Waals surface area (Å²) in [6.07, 6.45) is 15.9. The maximum absolute atomic E-state index is 8.01. The summed E-state index contributed by atoms with van der Waals surface area (Å²) in [6, 6.07) is 20.8. The standard InChI is InChI=1S/C18H14NS.C16H18N.Ir/c1-13-7-10-17(19-12-13)14(2)8-9-16-11-15-5-3-4-6-18(15)20-16;1-2-8-14(9-3-1)16-11-10-15(12-17-16)13-6-4-5-7-13;/h3-7,9-12H,2H2,1H3;1-3,8,12-13H,4-7,10-11H2;/q2*-1;/i1D3,7D,10D;;. The van der Waals surface area contributed by atoms with Gasteiger partial charge in [-0.25, -0.2) is 0 Å². The molecular formula is C34H32IrN2S-2. The Balaban J connectivity index is 0.000000205. The summed E-state index contributed by atoms with van der Waals surface area (Å²) in [6.45, 7) is 1.38. The molecule has 195 valence electrons. The minimum atomic E-state index is -2.46. The predicted octanol–water partition coefficient (Wildman–Crippen LogP) is 9.28. The van der Waals surface area contributed by atoms with E-state index in [1.807, 2.05) is 42.5 Å². The van der Waals surface area contributed by atoms with E-state index in [4.69, 9.17) is 6.85 Å². The summed E-state index contributed by atoms with van der Waals surface area (Å²) >= 11 is 1.61. The van der Waals surface area contributed by atoms with Gasteiger partial charge >= 0.3 is 0 Å². The van der Waals surface area contributed by atoms with Gasteiger partial charge in [-0.2, -0.15) is 17.9 Å². The van der Waals surface area contributed by atoms with Crippen molar-refractivity contribution in [1.29, 1.82) is 0 Å². The van der Waals surface area contributed by atoms with Gasteiger partial charge < -0.3 is 9.98 Å². The quantitative estimate of drug-likeness (QED) is 0.151. The molecule has 1 radical (unpaired) electrons. The van der Waals surface area contributed by atoms with E-state index in [1.54, 1.807) is 23.0 Å². The van der Waals surface area contributed by atoms with Crippen molar-refractivity contribution in [2.24, 2.45) is 10.9 Å². The summed E-state index contributed by atoms with van der Waals surface area (Å²) < 4.78 is 39.2. The van der Waals surface area contributed by atoms with E-state index in [2.05, 4.69) is 47.0 Å². The van der Waals surface area contributed by atoms with Crippen LogP contribution in [0, 0.1) is 24.9 Å². The van der Waals surface area contributed by atoms with E-state index in [9.17, 15) is 0 Å². The molecule has 4 heteroatoms. The van der Waals surface area contributed by atoms with Crippen molar-refractivity contribution in [3.05, 3.63) is 125 Å². The molecule has 3 heterocycles. The van der Waals surface area contributed by atoms with Crippen LogP contribution in [0.1, 0.15) is 67.1 Å². The Morgan fingerprint density at radius 3 is 2.74 bits per heavy atom. The summed E-state index contributed by atoms with van der Waals surface area (Å²) in [7, 11) is 0. The first kappa shape index (κ1) is 22.0. The zero-order chi connectivity index (χ0) is 29.7. The van der Waals surface area contributed by atoms with Gasteiger partial charge in [0.25, 0.3) is 0 Å². The Hall–Kier alpha value is -2.91. The van der Waals surface area contributed by atoms with Crippen LogP contribution in [0.5, 0.6) is 0 Å². The average Bonchev–Trinajstić information content (AvgIpc) is 3.68. The maximum atomic E-state index is 8.01. The van der Waals surface area contributed by atoms with Crippen LogP contribution in [0.4, 0.5) is 0 Å². The normalized spacial score (nSPS) is 17.6. The Morgan fingerprint density at radius 2 is 2.00 bits per heavy atom. The molecule has 6 rings (SSSR count). The number of pyridine rings is 1. The van der Waals surface area contributed by atoms with Crippen molar-refractivity contribution in [1.82, 2.24) is 4.98 Å². The van der Waals surface area contributed by atoms with Crippen LogP contribution >= 0.6 is 11.3 Å². The van der Waals surface area contributed by atoms with Crippen LogP contribution < -0.4 is 0 Å². The molecule has 2 aromatic heterocycles. The third kappa shape index (κ3) is 7.35. The van der Waals surface area contributed by atoms with E-state index in [0.717, 1.165) is 39.1 Å². The summed E-state index contributed by atoms with van der Waals surface area (Å²) in [5, 5.41) is 1.14. The number of rotatable bonds is 5. The van der Waals surface area contributed by atoms with Gasteiger partial charge in [0.2, 0.25) is 0 Å². The second kappa shape index (κ2) is 13.8. The molecule has 2 nitrogen and oxygen atoms in total. The molecule has 2 aliphatic rings. The Labute approximate surface area is 251 Å². The van der Waals surface area contributed by atoms with Gasteiger partial charge in [-0.3, -0.25) is 0 Å². The monoisotopic (exact) mass is 698 g/mol. The minimum absolute atomic E-state index is 0. The number of aryl methyl sites for hydroxylation is 1. The predicted molar refractivity (Wildman–Crippen MR) is 159 cm³/mol. The number of hydrogen-bond donors (Lipinski definition) is 0. The maximum Gasteiger partial charge on any atom is 0.0618 e. The Kier molecular flexibility index (Phi) is 7.95. The zero-order valence-electron chi connectivity index (χ0n) is 26.1. The molecular weight excluding hydrogens is 661 g/mol. The van der Waals surface area contributed by atoms with Crippen molar-refractivity contribution in [2.75, 3.05) is 0 Å². The van der Waals surface area contributed by atoms with E-state index < -0.39 is 6.85 Å². The number of aromatic nitrogens is 1. The molecule has 1 aliphatic carbocycles. The van der Waals surface area contributed by atoms with E-state index in [0.29, 0.717) is 5.57 Å². The number of aliphatic imine (C=N–C) groups is 1. The van der Waals surface area contributed by atoms with Gasteiger partial charge in [0.1, 0.15) is 0 Å². The number of hydrogen-bond acceptors (Lipinski definition) is 3. The van der Waals surface area contributed by atoms with Gasteiger partial charge in [-0.15, -0.1) is 53.6 Å². The Bertz CT molecular complexity index is 1630. The van der Waals surface area contributed by atoms with Gasteiger partial charge in [-0.05, 0) is 71.8 Å². The third-order valence-corrected chi connectivity index (χ3v) is 7.76. The van der Waals surface area contributed by atoms with Crippen LogP contribution in [0.3, 0.4) is 0 Å². The first-order chi connectivity index (χ1) is 20.2. The smallest absolute Gasteiger partial charge is 0.0618 e. The SMILES string of the molecule is [2H]c1c(C([2H])([2H])[2H])cnc(C(=C)[C-]=Cc2cc3ccccc3s2)c1[2H].[Ir].[c-]1ccccc1C1=NC=C(C2CCCC2)CC1. The van der Waals surface area contributed by atoms with E-state index in [1.165, 1.54) is 37.8 Å². The molecule has 1 aliphatic heterocycles. The molecule has 0 atom stereocenters. The molecule has 0 spiro atoms. The molecule has 0 bridgehead atoms. The first-order valence-electron chi connectivity index (χ1n) is 15.2. The molecule has 1 fully saturated rings. The fourth-order valence-electron chi connectivity index (χ4n) is 4.71. The number of fused-ring (bicyclic) bond motifs is 1. The van der Waals surface area contributed by atoms with Crippen LogP contribution in [0.2, 0.25) is 0 Å². The number of allylic oxidation sites excluding steroid dienone is 3. The average molecular weight is 698 g/mol. The molecule has 0 saturated heterocycles. The summed E-state index contributed by atoms with van der Waals surface area (Å²) in [5.41, 5.74) is 4.22. The van der Waals surface area contributed by atoms with Crippen LogP contribution in [0.15, 0.2) is 96.2 Å². The number of nitrogens with zero attached hydrogens (tertiary/aromatic N) is 2. The van der Waals surface area contributed by atoms with E-state index in [-0.39, 0.29) is 43.4 Å². The number of benzene rings is 2. The number of thiophene rings is 1. The fraction of sp³-hybridized carbons (Fsp3) is 0.235. The second-order valence-electron chi connectivity index (χ2n) is 9.26.